The van der Waals surface area contributed by atoms with Crippen LogP contribution in [0.1, 0.15) is 29.3 Å². The van der Waals surface area contributed by atoms with E-state index < -0.39 is 24.1 Å². The van der Waals surface area contributed by atoms with Crippen molar-refractivity contribution in [2.24, 2.45) is 0 Å². The van der Waals surface area contributed by atoms with Gasteiger partial charge in [0.2, 0.25) is 0 Å². The van der Waals surface area contributed by atoms with Gasteiger partial charge >= 0.3 is 18.1 Å². The lowest BCUT2D eigenvalue weighted by Gasteiger charge is -2.34. The summed E-state index contributed by atoms with van der Waals surface area (Å²) in [6, 6.07) is -0.920. The first-order valence-electron chi connectivity index (χ1n) is 5.40. The summed E-state index contributed by atoms with van der Waals surface area (Å²) in [6.45, 7) is 1.15. The Labute approximate surface area is 105 Å². The molecule has 1 amide bonds. The Morgan fingerprint density at radius 1 is 1.42 bits per heavy atom. The van der Waals surface area contributed by atoms with Gasteiger partial charge in [-0.15, -0.1) is 0 Å². The fourth-order valence-electron chi connectivity index (χ4n) is 2.11. The quantitative estimate of drug-likeness (QED) is 0.832. The number of carbonyl (C=O) groups is 2. The van der Waals surface area contributed by atoms with E-state index in [9.17, 15) is 22.8 Å². The highest BCUT2D eigenvalue weighted by Crippen LogP contribution is 2.29. The first-order valence-corrected chi connectivity index (χ1v) is 5.40. The molecule has 19 heavy (non-hydrogen) atoms. The number of carbonyl (C=O) groups excluding carboxylic acids is 1. The Bertz CT molecular complexity index is 538. The van der Waals surface area contributed by atoms with Gasteiger partial charge in [-0.25, -0.2) is 9.78 Å². The van der Waals surface area contributed by atoms with E-state index in [-0.39, 0.29) is 24.6 Å². The van der Waals surface area contributed by atoms with Gasteiger partial charge in [0.25, 0.3) is 0 Å². The number of amides is 1. The largest absolute Gasteiger partial charge is 0.477 e. The van der Waals surface area contributed by atoms with E-state index in [0.717, 1.165) is 6.20 Å². The lowest BCUT2D eigenvalue weighted by Crippen LogP contribution is -2.47. The molecule has 2 heterocycles. The molecule has 0 saturated heterocycles. The van der Waals surface area contributed by atoms with Crippen molar-refractivity contribution in [3.8, 4) is 0 Å². The molecule has 1 atom stereocenters. The van der Waals surface area contributed by atoms with Gasteiger partial charge in [0.05, 0.1) is 12.2 Å². The van der Waals surface area contributed by atoms with E-state index in [4.69, 9.17) is 5.11 Å². The summed E-state index contributed by atoms with van der Waals surface area (Å²) in [6.07, 6.45) is -3.87. The number of hydrogen-bond acceptors (Lipinski definition) is 3. The lowest BCUT2D eigenvalue weighted by atomic mass is 10.2. The molecule has 0 aliphatic carbocycles. The smallest absolute Gasteiger partial charge is 0.471 e. The predicted molar refractivity (Wildman–Crippen MR) is 55.4 cm³/mol. The molecule has 0 aromatic carbocycles. The van der Waals surface area contributed by atoms with Crippen LogP contribution in [-0.2, 0) is 11.3 Å². The van der Waals surface area contributed by atoms with Crippen molar-refractivity contribution in [1.29, 1.82) is 0 Å². The third-order valence-corrected chi connectivity index (χ3v) is 3.01. The molecule has 0 bridgehead atoms. The van der Waals surface area contributed by atoms with Gasteiger partial charge in [-0.2, -0.15) is 13.2 Å². The summed E-state index contributed by atoms with van der Waals surface area (Å²) in [5, 5.41) is 8.90. The van der Waals surface area contributed by atoms with Crippen LogP contribution in [0.15, 0.2) is 6.20 Å². The minimum atomic E-state index is -4.95. The minimum absolute atomic E-state index is 0.0247. The van der Waals surface area contributed by atoms with Crippen molar-refractivity contribution >= 4 is 11.9 Å². The van der Waals surface area contributed by atoms with E-state index >= 15 is 0 Å². The molecule has 1 aliphatic rings. The number of alkyl halides is 3. The molecule has 1 N–H and O–H groups in total. The van der Waals surface area contributed by atoms with Crippen LogP contribution in [0.25, 0.3) is 0 Å². The summed E-state index contributed by atoms with van der Waals surface area (Å²) < 4.78 is 38.5. The number of carboxylic acids is 1. The molecule has 6 nitrogen and oxygen atoms in total. The number of imidazole rings is 1. The van der Waals surface area contributed by atoms with Crippen molar-refractivity contribution in [3.63, 3.8) is 0 Å². The first kappa shape index (κ1) is 13.4. The van der Waals surface area contributed by atoms with Gasteiger partial charge in [0, 0.05) is 13.1 Å². The Morgan fingerprint density at radius 3 is 2.58 bits per heavy atom. The number of nitrogens with zero attached hydrogens (tertiary/aromatic N) is 3. The zero-order chi connectivity index (χ0) is 14.4. The molecule has 1 aromatic rings. The fourth-order valence-corrected chi connectivity index (χ4v) is 2.11. The van der Waals surface area contributed by atoms with E-state index in [1.807, 2.05) is 0 Å². The van der Waals surface area contributed by atoms with Crippen molar-refractivity contribution in [3.05, 3.63) is 17.7 Å². The average Bonchev–Trinajstić information content (AvgIpc) is 2.72. The Kier molecular flexibility index (Phi) is 2.99. The molecular weight excluding hydrogens is 267 g/mol. The lowest BCUT2D eigenvalue weighted by molar-refractivity contribution is -0.188. The summed E-state index contributed by atoms with van der Waals surface area (Å²) in [4.78, 5) is 26.6. The fraction of sp³-hybridized carbons (Fsp3) is 0.500. The van der Waals surface area contributed by atoms with Crippen LogP contribution < -0.4 is 0 Å². The van der Waals surface area contributed by atoms with Gasteiger partial charge in [0.15, 0.2) is 0 Å². The van der Waals surface area contributed by atoms with E-state index in [1.165, 1.54) is 11.5 Å². The van der Waals surface area contributed by atoms with Gasteiger partial charge in [-0.3, -0.25) is 4.79 Å². The molecule has 9 heteroatoms. The van der Waals surface area contributed by atoms with Crippen LogP contribution in [0.3, 0.4) is 0 Å². The first-order chi connectivity index (χ1) is 8.73. The van der Waals surface area contributed by atoms with Gasteiger partial charge in [-0.05, 0) is 6.92 Å². The highest BCUT2D eigenvalue weighted by atomic mass is 19.4. The molecule has 2 rings (SSSR count). The van der Waals surface area contributed by atoms with Crippen LogP contribution in [0.4, 0.5) is 13.2 Å². The average molecular weight is 277 g/mol. The molecule has 0 saturated carbocycles. The van der Waals surface area contributed by atoms with Gasteiger partial charge in [0.1, 0.15) is 11.5 Å². The topological polar surface area (TPSA) is 75.4 Å². The minimum Gasteiger partial charge on any atom is -0.477 e. The van der Waals surface area contributed by atoms with Crippen LogP contribution in [0.5, 0.6) is 0 Å². The Morgan fingerprint density at radius 2 is 2.05 bits per heavy atom. The van der Waals surface area contributed by atoms with Gasteiger partial charge < -0.3 is 14.6 Å². The third kappa shape index (κ3) is 2.15. The van der Waals surface area contributed by atoms with Crippen LogP contribution in [0.2, 0.25) is 0 Å². The van der Waals surface area contributed by atoms with Crippen molar-refractivity contribution in [2.45, 2.75) is 25.7 Å². The predicted octanol–water partition coefficient (Wildman–Crippen LogP) is 1.05. The summed E-state index contributed by atoms with van der Waals surface area (Å²) in [5.41, 5.74) is -0.0963. The van der Waals surface area contributed by atoms with E-state index in [0.29, 0.717) is 4.90 Å². The Hall–Kier alpha value is -2.06. The number of rotatable bonds is 1. The second-order valence-electron chi connectivity index (χ2n) is 4.13. The standard InChI is InChI=1S/C10H10F3N3O3/c1-5-7-14-4-6(8(17)18)16(7)3-2-15(5)9(19)10(11,12)13/h4-5H,2-3H2,1H3,(H,17,18). The highest BCUT2D eigenvalue weighted by Gasteiger charge is 2.46. The summed E-state index contributed by atoms with van der Waals surface area (Å²) >= 11 is 0. The number of carboxylic acid groups (broad SMARTS) is 1. The SMILES string of the molecule is CC1c2ncc(C(=O)O)n2CCN1C(=O)C(F)(F)F. The highest BCUT2D eigenvalue weighted by molar-refractivity contribution is 5.86. The molecule has 1 aliphatic heterocycles. The van der Waals surface area contributed by atoms with Crippen molar-refractivity contribution < 1.29 is 27.9 Å². The monoisotopic (exact) mass is 277 g/mol. The zero-order valence-corrected chi connectivity index (χ0v) is 9.81. The number of fused-ring (bicyclic) bond motifs is 1. The molecule has 0 spiro atoms. The van der Waals surface area contributed by atoms with Crippen LogP contribution >= 0.6 is 0 Å². The second kappa shape index (κ2) is 4.25. The zero-order valence-electron chi connectivity index (χ0n) is 9.81. The van der Waals surface area contributed by atoms with Crippen LogP contribution in [-0.4, -0.2) is 44.2 Å². The number of halogens is 3. The molecule has 104 valence electrons. The molecule has 0 fully saturated rings. The molecule has 0 radical (unpaired) electrons. The maximum absolute atomic E-state index is 12.4. The van der Waals surface area contributed by atoms with E-state index in [1.54, 1.807) is 0 Å². The summed E-state index contributed by atoms with van der Waals surface area (Å²) in [5.74, 6) is -3.01. The Balaban J connectivity index is 2.33. The van der Waals surface area contributed by atoms with Crippen molar-refractivity contribution in [1.82, 2.24) is 14.5 Å². The maximum Gasteiger partial charge on any atom is 0.471 e. The van der Waals surface area contributed by atoms with Crippen LogP contribution in [0, 0.1) is 0 Å². The third-order valence-electron chi connectivity index (χ3n) is 3.01. The molecule has 1 unspecified atom stereocenters. The molecule has 1 aromatic heterocycles. The number of aromatic carboxylic acids is 1. The normalized spacial score (nSPS) is 19.2. The number of hydrogen-bond donors (Lipinski definition) is 1. The van der Waals surface area contributed by atoms with Gasteiger partial charge in [-0.1, -0.05) is 0 Å². The maximum atomic E-state index is 12.4. The number of aromatic nitrogens is 2. The van der Waals surface area contributed by atoms with E-state index in [2.05, 4.69) is 4.98 Å². The molecular formula is C10H10F3N3O3. The second-order valence-corrected chi connectivity index (χ2v) is 4.13. The van der Waals surface area contributed by atoms with Crippen molar-refractivity contribution in [2.75, 3.05) is 6.54 Å². The summed E-state index contributed by atoms with van der Waals surface area (Å²) in [7, 11) is 0.